The molecule has 1 heteroatoms. The van der Waals surface area contributed by atoms with Gasteiger partial charge >= 0.3 is 0 Å². The fraction of sp³-hybridized carbons (Fsp3) is 0. The average Bonchev–Trinajstić information content (AvgIpc) is 3.18. The van der Waals surface area contributed by atoms with Crippen molar-refractivity contribution < 1.29 is 0 Å². The summed E-state index contributed by atoms with van der Waals surface area (Å²) in [7, 11) is 0. The lowest BCUT2D eigenvalue weighted by molar-refractivity contribution is 1.53. The second-order valence-corrected chi connectivity index (χ2v) is 12.1. The fourth-order valence-electron chi connectivity index (χ4n) is 6.43. The molecular formula is C48H29Cl. The van der Waals surface area contributed by atoms with Crippen LogP contribution in [0.15, 0.2) is 158 Å². The lowest BCUT2D eigenvalue weighted by Gasteiger charge is -2.20. The van der Waals surface area contributed by atoms with Crippen LogP contribution < -0.4 is 0 Å². The lowest BCUT2D eigenvalue weighted by atomic mass is 9.86. The molecule has 49 heavy (non-hydrogen) atoms. The summed E-state index contributed by atoms with van der Waals surface area (Å²) in [5.74, 6) is 8.34. The molecule has 7 aromatic rings. The molecule has 0 spiro atoms. The van der Waals surface area contributed by atoms with Gasteiger partial charge in [0.2, 0.25) is 0 Å². The van der Waals surface area contributed by atoms with E-state index < -0.39 is 0 Å². The smallest absolute Gasteiger partial charge is 0.0563 e. The van der Waals surface area contributed by atoms with Crippen LogP contribution in [0, 0.1) is 37.0 Å². The Morgan fingerprint density at radius 3 is 0.959 bits per heavy atom. The normalized spacial score (nSPS) is 10.5. The Morgan fingerprint density at radius 1 is 0.306 bits per heavy atom. The van der Waals surface area contributed by atoms with Crippen molar-refractivity contribution in [3.8, 4) is 104 Å². The molecule has 7 rings (SSSR count). The maximum Gasteiger partial charge on any atom is 0.0563 e. The van der Waals surface area contributed by atoms with Gasteiger partial charge in [-0.1, -0.05) is 139 Å². The molecule has 0 unspecified atom stereocenters. The number of terminal acetylenes is 3. The molecule has 0 aromatic heterocycles. The van der Waals surface area contributed by atoms with Crippen LogP contribution in [-0.2, 0) is 0 Å². The second-order valence-electron chi connectivity index (χ2n) is 11.7. The van der Waals surface area contributed by atoms with Crippen LogP contribution in [0.5, 0.6) is 0 Å². The van der Waals surface area contributed by atoms with Gasteiger partial charge in [0, 0.05) is 27.8 Å². The zero-order valence-electron chi connectivity index (χ0n) is 26.6. The summed E-state index contributed by atoms with van der Waals surface area (Å²) in [6.07, 6.45) is 17.4. The molecule has 7 aromatic carbocycles. The van der Waals surface area contributed by atoms with E-state index in [1.165, 1.54) is 0 Å². The Hall–Kier alpha value is -6.49. The molecule has 0 fully saturated rings. The van der Waals surface area contributed by atoms with Crippen molar-refractivity contribution >= 4 is 11.6 Å². The first-order valence-corrected chi connectivity index (χ1v) is 16.3. The highest BCUT2D eigenvalue weighted by Crippen LogP contribution is 2.47. The Kier molecular flexibility index (Phi) is 8.70. The quantitative estimate of drug-likeness (QED) is 0.159. The van der Waals surface area contributed by atoms with Gasteiger partial charge in [0.05, 0.1) is 5.02 Å². The average molecular weight is 641 g/mol. The summed E-state index contributed by atoms with van der Waals surface area (Å²) in [6, 6.07) is 53.7. The van der Waals surface area contributed by atoms with Gasteiger partial charge in [-0.2, -0.15) is 0 Å². The number of benzene rings is 7. The SMILES string of the molecule is C#Cc1cccc(-c2ccccc2-c2cc(-c3ccccc3-c3cccc(C#C)c3)c(Cl)c(-c3ccccc3-c3cccc(C#C)c3)c2)c1. The van der Waals surface area contributed by atoms with Crippen LogP contribution in [0.2, 0.25) is 5.02 Å². The van der Waals surface area contributed by atoms with Gasteiger partial charge in [-0.25, -0.2) is 0 Å². The first kappa shape index (κ1) is 31.1. The minimum absolute atomic E-state index is 0.650. The van der Waals surface area contributed by atoms with E-state index in [0.717, 1.165) is 83.5 Å². The van der Waals surface area contributed by atoms with Crippen LogP contribution in [0.25, 0.3) is 66.8 Å². The standard InChI is InChI=1S/C48H29Cl/c1-4-33-16-13-19-36(28-33)40-22-7-8-25-43(40)39-31-46(44-26-11-9-23-41(44)37-20-14-17-34(5-2)29-37)48(49)47(32-39)45-27-12-10-24-42(45)38-21-15-18-35(6-3)30-38/h1-3,7-32H. The van der Waals surface area contributed by atoms with Crippen LogP contribution in [0.4, 0.5) is 0 Å². The van der Waals surface area contributed by atoms with Crippen molar-refractivity contribution in [2.24, 2.45) is 0 Å². The molecule has 0 saturated carbocycles. The molecule has 0 amide bonds. The summed E-state index contributed by atoms with van der Waals surface area (Å²) in [5.41, 5.74) is 14.6. The van der Waals surface area contributed by atoms with Gasteiger partial charge in [0.15, 0.2) is 0 Å². The largest absolute Gasteiger partial charge is 0.115 e. The van der Waals surface area contributed by atoms with Crippen molar-refractivity contribution in [2.75, 3.05) is 0 Å². The highest BCUT2D eigenvalue weighted by atomic mass is 35.5. The highest BCUT2D eigenvalue weighted by Gasteiger charge is 2.20. The van der Waals surface area contributed by atoms with E-state index in [1.54, 1.807) is 0 Å². The second kappa shape index (κ2) is 13.7. The maximum atomic E-state index is 7.58. The van der Waals surface area contributed by atoms with Crippen molar-refractivity contribution in [1.29, 1.82) is 0 Å². The predicted octanol–water partition coefficient (Wildman–Crippen LogP) is 12.3. The minimum Gasteiger partial charge on any atom is -0.115 e. The van der Waals surface area contributed by atoms with E-state index >= 15 is 0 Å². The number of hydrogen-bond acceptors (Lipinski definition) is 0. The van der Waals surface area contributed by atoms with E-state index in [9.17, 15) is 0 Å². The van der Waals surface area contributed by atoms with Crippen LogP contribution >= 0.6 is 11.6 Å². The van der Waals surface area contributed by atoms with E-state index in [1.807, 2.05) is 72.8 Å². The molecule has 228 valence electrons. The van der Waals surface area contributed by atoms with E-state index in [0.29, 0.717) is 5.02 Å². The van der Waals surface area contributed by atoms with E-state index in [-0.39, 0.29) is 0 Å². The topological polar surface area (TPSA) is 0 Å². The van der Waals surface area contributed by atoms with Gasteiger partial charge in [-0.05, 0) is 104 Å². The van der Waals surface area contributed by atoms with Gasteiger partial charge in [0.25, 0.3) is 0 Å². The van der Waals surface area contributed by atoms with Gasteiger partial charge in [-0.15, -0.1) is 19.3 Å². The molecule has 0 nitrogen and oxygen atoms in total. The number of halogens is 1. The molecule has 0 aliphatic carbocycles. The van der Waals surface area contributed by atoms with Gasteiger partial charge in [-0.3, -0.25) is 0 Å². The van der Waals surface area contributed by atoms with Gasteiger partial charge < -0.3 is 0 Å². The van der Waals surface area contributed by atoms with Crippen LogP contribution in [-0.4, -0.2) is 0 Å². The van der Waals surface area contributed by atoms with Crippen LogP contribution in [0.3, 0.4) is 0 Å². The van der Waals surface area contributed by atoms with E-state index in [4.69, 9.17) is 30.9 Å². The summed E-state index contributed by atoms with van der Waals surface area (Å²) in [5, 5.41) is 0.650. The Labute approximate surface area is 293 Å². The zero-order valence-corrected chi connectivity index (χ0v) is 27.4. The third kappa shape index (κ3) is 6.17. The number of rotatable bonds is 6. The molecule has 0 N–H and O–H groups in total. The Morgan fingerprint density at radius 2 is 0.612 bits per heavy atom. The Balaban J connectivity index is 1.53. The summed E-state index contributed by atoms with van der Waals surface area (Å²) >= 11 is 7.58. The molecule has 0 saturated heterocycles. The molecule has 0 bridgehead atoms. The maximum absolute atomic E-state index is 7.58. The zero-order chi connectivity index (χ0) is 33.7. The molecule has 0 aliphatic heterocycles. The van der Waals surface area contributed by atoms with Crippen molar-refractivity contribution in [3.63, 3.8) is 0 Å². The monoisotopic (exact) mass is 640 g/mol. The first-order chi connectivity index (χ1) is 24.1. The third-order valence-corrected chi connectivity index (χ3v) is 9.17. The van der Waals surface area contributed by atoms with Gasteiger partial charge in [0.1, 0.15) is 0 Å². The predicted molar refractivity (Wildman–Crippen MR) is 208 cm³/mol. The summed E-state index contributed by atoms with van der Waals surface area (Å²) < 4.78 is 0. The van der Waals surface area contributed by atoms with Crippen molar-refractivity contribution in [2.45, 2.75) is 0 Å². The van der Waals surface area contributed by atoms with E-state index in [2.05, 4.69) is 103 Å². The fourth-order valence-corrected chi connectivity index (χ4v) is 6.74. The number of hydrogen-bond donors (Lipinski definition) is 0. The Bertz CT molecular complexity index is 2370. The summed E-state index contributed by atoms with van der Waals surface area (Å²) in [4.78, 5) is 0. The summed E-state index contributed by atoms with van der Waals surface area (Å²) in [6.45, 7) is 0. The highest BCUT2D eigenvalue weighted by molar-refractivity contribution is 6.36. The molecule has 0 atom stereocenters. The molecule has 0 radical (unpaired) electrons. The van der Waals surface area contributed by atoms with Crippen molar-refractivity contribution in [3.05, 3.63) is 179 Å². The molecular weight excluding hydrogens is 612 g/mol. The van der Waals surface area contributed by atoms with Crippen molar-refractivity contribution in [1.82, 2.24) is 0 Å². The first-order valence-electron chi connectivity index (χ1n) is 15.9. The molecule has 0 heterocycles. The third-order valence-electron chi connectivity index (χ3n) is 8.77. The van der Waals surface area contributed by atoms with Crippen LogP contribution in [0.1, 0.15) is 16.7 Å². The lowest BCUT2D eigenvalue weighted by Crippen LogP contribution is -1.94. The minimum atomic E-state index is 0.650. The molecule has 0 aliphatic rings.